The van der Waals surface area contributed by atoms with E-state index in [4.69, 9.17) is 5.73 Å². The minimum atomic E-state index is -0.529. The van der Waals surface area contributed by atoms with Gasteiger partial charge in [0.05, 0.1) is 4.92 Å². The number of carbonyl (C=O) groups excluding carboxylic acids is 1. The Kier molecular flexibility index (Phi) is 6.10. The van der Waals surface area contributed by atoms with Crippen molar-refractivity contribution in [1.82, 2.24) is 14.7 Å². The highest BCUT2D eigenvalue weighted by atomic mass is 35.5. The van der Waals surface area contributed by atoms with Crippen molar-refractivity contribution in [3.05, 3.63) is 22.5 Å². The molecule has 1 fully saturated rings. The minimum absolute atomic E-state index is 0. The number of hydrogen-bond acceptors (Lipinski definition) is 5. The third kappa shape index (κ3) is 4.15. The Balaban J connectivity index is 0.00000220. The van der Waals surface area contributed by atoms with Crippen molar-refractivity contribution in [3.8, 4) is 0 Å². The fourth-order valence-electron chi connectivity index (χ4n) is 2.57. The number of amides is 1. The lowest BCUT2D eigenvalue weighted by Gasteiger charge is -2.38. The molecule has 0 saturated carbocycles. The van der Waals surface area contributed by atoms with E-state index >= 15 is 0 Å². The number of carbonyl (C=O) groups is 1. The van der Waals surface area contributed by atoms with Crippen molar-refractivity contribution in [2.75, 3.05) is 13.1 Å². The molecule has 0 radical (unpaired) electrons. The Labute approximate surface area is 128 Å². The van der Waals surface area contributed by atoms with Crippen LogP contribution in [0.15, 0.2) is 12.4 Å². The summed E-state index contributed by atoms with van der Waals surface area (Å²) in [5.41, 5.74) is 5.61. The van der Waals surface area contributed by atoms with Gasteiger partial charge in [0.15, 0.2) is 0 Å². The molecule has 21 heavy (non-hydrogen) atoms. The average Bonchev–Trinajstić information content (AvgIpc) is 2.87. The zero-order valence-corrected chi connectivity index (χ0v) is 12.7. The van der Waals surface area contributed by atoms with Crippen LogP contribution >= 0.6 is 12.4 Å². The number of aromatic nitrogens is 2. The molecule has 8 nitrogen and oxygen atoms in total. The third-order valence-electron chi connectivity index (χ3n) is 3.70. The Morgan fingerprint density at radius 3 is 2.90 bits per heavy atom. The Morgan fingerprint density at radius 1 is 1.62 bits per heavy atom. The molecule has 1 saturated heterocycles. The number of hydrogen-bond donors (Lipinski definition) is 1. The van der Waals surface area contributed by atoms with Crippen molar-refractivity contribution in [2.45, 2.75) is 32.4 Å². The van der Waals surface area contributed by atoms with E-state index in [0.29, 0.717) is 19.0 Å². The standard InChI is InChI=1S/C12H19N5O3.ClH/c1-9-2-3-16(10(4-9)5-13)12(18)8-15-7-11(6-14-15)17(19)20;/h6-7,9-10H,2-5,8,13H2,1H3;1H. The molecule has 1 aromatic heterocycles. The first-order valence-corrected chi connectivity index (χ1v) is 6.67. The van der Waals surface area contributed by atoms with Crippen LogP contribution in [0.2, 0.25) is 0 Å². The van der Waals surface area contributed by atoms with Gasteiger partial charge in [-0.15, -0.1) is 12.4 Å². The maximum absolute atomic E-state index is 12.3. The monoisotopic (exact) mass is 317 g/mol. The van der Waals surface area contributed by atoms with Gasteiger partial charge < -0.3 is 10.6 Å². The van der Waals surface area contributed by atoms with Gasteiger partial charge in [0.1, 0.15) is 18.9 Å². The fourth-order valence-corrected chi connectivity index (χ4v) is 2.57. The van der Waals surface area contributed by atoms with Gasteiger partial charge in [-0.1, -0.05) is 6.92 Å². The molecule has 2 heterocycles. The van der Waals surface area contributed by atoms with Gasteiger partial charge >= 0.3 is 5.69 Å². The average molecular weight is 318 g/mol. The highest BCUT2D eigenvalue weighted by Crippen LogP contribution is 2.22. The van der Waals surface area contributed by atoms with E-state index < -0.39 is 4.92 Å². The van der Waals surface area contributed by atoms with Crippen LogP contribution in [0.3, 0.4) is 0 Å². The van der Waals surface area contributed by atoms with Crippen LogP contribution in [0, 0.1) is 16.0 Å². The van der Waals surface area contributed by atoms with E-state index in [0.717, 1.165) is 19.0 Å². The lowest BCUT2D eigenvalue weighted by Crippen LogP contribution is -2.50. The highest BCUT2D eigenvalue weighted by Gasteiger charge is 2.29. The van der Waals surface area contributed by atoms with Crippen LogP contribution < -0.4 is 5.73 Å². The van der Waals surface area contributed by atoms with Crippen LogP contribution in [0.5, 0.6) is 0 Å². The number of likely N-dealkylation sites (tertiary alicyclic amines) is 1. The molecule has 0 aliphatic carbocycles. The van der Waals surface area contributed by atoms with Crippen molar-refractivity contribution in [3.63, 3.8) is 0 Å². The summed E-state index contributed by atoms with van der Waals surface area (Å²) in [6.07, 6.45) is 4.27. The Bertz CT molecular complexity index is 507. The summed E-state index contributed by atoms with van der Waals surface area (Å²) < 4.78 is 1.30. The van der Waals surface area contributed by atoms with Crippen molar-refractivity contribution >= 4 is 24.0 Å². The van der Waals surface area contributed by atoms with E-state index in [-0.39, 0.29) is 36.6 Å². The van der Waals surface area contributed by atoms with E-state index in [1.807, 2.05) is 0 Å². The third-order valence-corrected chi connectivity index (χ3v) is 3.70. The molecule has 1 aromatic rings. The second-order valence-electron chi connectivity index (χ2n) is 5.26. The van der Waals surface area contributed by atoms with Crippen molar-refractivity contribution in [1.29, 1.82) is 0 Å². The van der Waals surface area contributed by atoms with E-state index in [1.165, 1.54) is 10.9 Å². The Morgan fingerprint density at radius 2 is 2.33 bits per heavy atom. The molecule has 0 aromatic carbocycles. The number of nitrogens with two attached hydrogens (primary N) is 1. The zero-order valence-electron chi connectivity index (χ0n) is 11.8. The number of piperidine rings is 1. The van der Waals surface area contributed by atoms with Crippen molar-refractivity contribution in [2.24, 2.45) is 11.7 Å². The number of nitro groups is 1. The van der Waals surface area contributed by atoms with Crippen LogP contribution in [0.4, 0.5) is 5.69 Å². The molecular weight excluding hydrogens is 298 g/mol. The van der Waals surface area contributed by atoms with Crippen LogP contribution in [-0.4, -0.2) is 44.6 Å². The van der Waals surface area contributed by atoms with E-state index in [1.54, 1.807) is 4.90 Å². The molecule has 2 N–H and O–H groups in total. The molecule has 1 aliphatic rings. The summed E-state index contributed by atoms with van der Waals surface area (Å²) in [5, 5.41) is 14.4. The minimum Gasteiger partial charge on any atom is -0.337 e. The lowest BCUT2D eigenvalue weighted by atomic mass is 9.92. The maximum Gasteiger partial charge on any atom is 0.307 e. The maximum atomic E-state index is 12.3. The molecule has 1 amide bonds. The summed E-state index contributed by atoms with van der Waals surface area (Å²) in [6.45, 7) is 3.29. The van der Waals surface area contributed by atoms with Crippen molar-refractivity contribution < 1.29 is 9.72 Å². The van der Waals surface area contributed by atoms with E-state index in [2.05, 4.69) is 12.0 Å². The van der Waals surface area contributed by atoms with Crippen LogP contribution in [0.1, 0.15) is 19.8 Å². The molecule has 118 valence electrons. The lowest BCUT2D eigenvalue weighted by molar-refractivity contribution is -0.385. The number of rotatable bonds is 4. The number of halogens is 1. The van der Waals surface area contributed by atoms with Gasteiger partial charge in [-0.05, 0) is 18.8 Å². The topological polar surface area (TPSA) is 107 Å². The largest absolute Gasteiger partial charge is 0.337 e. The normalized spacial score (nSPS) is 21.7. The fraction of sp³-hybridized carbons (Fsp3) is 0.667. The SMILES string of the molecule is CC1CCN(C(=O)Cn2cc([N+](=O)[O-])cn2)C(CN)C1.Cl. The van der Waals surface area contributed by atoms with E-state index in [9.17, 15) is 14.9 Å². The molecule has 0 bridgehead atoms. The predicted octanol–water partition coefficient (Wildman–Crippen LogP) is 0.799. The number of nitrogens with zero attached hydrogens (tertiary/aromatic N) is 4. The molecule has 0 spiro atoms. The quantitative estimate of drug-likeness (QED) is 0.652. The van der Waals surface area contributed by atoms with Gasteiger partial charge in [-0.3, -0.25) is 19.6 Å². The predicted molar refractivity (Wildman–Crippen MR) is 79.1 cm³/mol. The van der Waals surface area contributed by atoms with Gasteiger partial charge in [-0.25, -0.2) is 0 Å². The molecular formula is C12H20ClN5O3. The summed E-state index contributed by atoms with van der Waals surface area (Å²) in [4.78, 5) is 24.1. The zero-order chi connectivity index (χ0) is 14.7. The van der Waals surface area contributed by atoms with Gasteiger partial charge in [0, 0.05) is 19.1 Å². The summed E-state index contributed by atoms with van der Waals surface area (Å²) in [7, 11) is 0. The first-order chi connectivity index (χ1) is 9.51. The van der Waals surface area contributed by atoms with Gasteiger partial charge in [0.2, 0.25) is 5.91 Å². The first-order valence-electron chi connectivity index (χ1n) is 6.67. The Hall–Kier alpha value is -1.67. The second kappa shape index (κ2) is 7.37. The van der Waals surface area contributed by atoms with Crippen LogP contribution in [0.25, 0.3) is 0 Å². The molecule has 2 atom stereocenters. The molecule has 2 unspecified atom stereocenters. The van der Waals surface area contributed by atoms with Gasteiger partial charge in [-0.2, -0.15) is 5.10 Å². The van der Waals surface area contributed by atoms with Crippen LogP contribution in [-0.2, 0) is 11.3 Å². The molecule has 2 rings (SSSR count). The molecule has 1 aliphatic heterocycles. The summed E-state index contributed by atoms with van der Waals surface area (Å²) >= 11 is 0. The van der Waals surface area contributed by atoms with Gasteiger partial charge in [0.25, 0.3) is 0 Å². The first kappa shape index (κ1) is 17.4. The second-order valence-corrected chi connectivity index (χ2v) is 5.26. The summed E-state index contributed by atoms with van der Waals surface area (Å²) in [5.74, 6) is 0.476. The smallest absolute Gasteiger partial charge is 0.307 e. The summed E-state index contributed by atoms with van der Waals surface area (Å²) in [6, 6.07) is 0.0526. The highest BCUT2D eigenvalue weighted by molar-refractivity contribution is 5.85. The molecule has 9 heteroatoms.